The van der Waals surface area contributed by atoms with Crippen LogP contribution in [-0.4, -0.2) is 28.5 Å². The van der Waals surface area contributed by atoms with Crippen molar-refractivity contribution in [1.29, 1.82) is 0 Å². The Morgan fingerprint density at radius 3 is 2.90 bits per heavy atom. The van der Waals surface area contributed by atoms with E-state index < -0.39 is 0 Å². The molecule has 0 aliphatic heterocycles. The molecule has 20 heavy (non-hydrogen) atoms. The lowest BCUT2D eigenvalue weighted by molar-refractivity contribution is 0.280. The van der Waals surface area contributed by atoms with E-state index in [1.807, 2.05) is 37.3 Å². The Labute approximate surface area is 118 Å². The molecule has 0 saturated heterocycles. The van der Waals surface area contributed by atoms with Gasteiger partial charge in [0.05, 0.1) is 13.7 Å². The number of aromatic nitrogens is 3. The van der Waals surface area contributed by atoms with Gasteiger partial charge >= 0.3 is 0 Å². The van der Waals surface area contributed by atoms with Crippen LogP contribution in [0, 0.1) is 0 Å². The van der Waals surface area contributed by atoms with Crippen molar-refractivity contribution in [2.75, 3.05) is 13.7 Å². The van der Waals surface area contributed by atoms with Crippen LogP contribution in [0.4, 0.5) is 0 Å². The maximum Gasteiger partial charge on any atom is 0.161 e. The predicted molar refractivity (Wildman–Crippen MR) is 77.8 cm³/mol. The van der Waals surface area contributed by atoms with E-state index in [2.05, 4.69) is 10.1 Å². The zero-order valence-corrected chi connectivity index (χ0v) is 11.8. The molecule has 106 valence electrons. The first kappa shape index (κ1) is 14.1. The second kappa shape index (κ2) is 7.33. The lowest BCUT2D eigenvalue weighted by Gasteiger charge is -2.11. The van der Waals surface area contributed by atoms with E-state index in [1.165, 1.54) is 6.33 Å². The summed E-state index contributed by atoms with van der Waals surface area (Å²) in [6, 6.07) is 5.91. The topological polar surface area (TPSA) is 49.2 Å². The number of hydrogen-bond acceptors (Lipinski definition) is 4. The number of allylic oxidation sites excluding steroid dienone is 1. The molecule has 1 aromatic carbocycles. The SMILES string of the molecule is C/C=C/c1ccc(OCCCn2cncn2)c(OC)c1. The first-order chi connectivity index (χ1) is 9.83. The second-order valence-corrected chi connectivity index (χ2v) is 4.27. The largest absolute Gasteiger partial charge is 0.493 e. The van der Waals surface area contributed by atoms with Gasteiger partial charge in [0.2, 0.25) is 0 Å². The summed E-state index contributed by atoms with van der Waals surface area (Å²) >= 11 is 0. The van der Waals surface area contributed by atoms with Gasteiger partial charge in [-0.3, -0.25) is 4.68 Å². The molecule has 0 bridgehead atoms. The molecule has 1 heterocycles. The minimum Gasteiger partial charge on any atom is -0.493 e. The molecular formula is C15H19N3O2. The van der Waals surface area contributed by atoms with Gasteiger partial charge in [-0.1, -0.05) is 18.2 Å². The maximum atomic E-state index is 5.75. The summed E-state index contributed by atoms with van der Waals surface area (Å²) < 4.78 is 12.9. The zero-order chi connectivity index (χ0) is 14.2. The fraction of sp³-hybridized carbons (Fsp3) is 0.333. The molecule has 0 fully saturated rings. The van der Waals surface area contributed by atoms with Crippen LogP contribution in [0.2, 0.25) is 0 Å². The molecule has 0 radical (unpaired) electrons. The predicted octanol–water partition coefficient (Wildman–Crippen LogP) is 2.79. The lowest BCUT2D eigenvalue weighted by Crippen LogP contribution is -2.05. The quantitative estimate of drug-likeness (QED) is 0.728. The minimum atomic E-state index is 0.610. The van der Waals surface area contributed by atoms with Crippen LogP contribution in [0.1, 0.15) is 18.9 Å². The van der Waals surface area contributed by atoms with Gasteiger partial charge in [-0.25, -0.2) is 4.98 Å². The van der Waals surface area contributed by atoms with Crippen molar-refractivity contribution < 1.29 is 9.47 Å². The highest BCUT2D eigenvalue weighted by atomic mass is 16.5. The zero-order valence-electron chi connectivity index (χ0n) is 11.8. The van der Waals surface area contributed by atoms with E-state index in [4.69, 9.17) is 9.47 Å². The Hall–Kier alpha value is -2.30. The average molecular weight is 273 g/mol. The number of methoxy groups -OCH3 is 1. The van der Waals surface area contributed by atoms with Crippen LogP contribution in [0.3, 0.4) is 0 Å². The third-order valence-corrected chi connectivity index (χ3v) is 2.80. The summed E-state index contributed by atoms with van der Waals surface area (Å²) in [6.45, 7) is 3.39. The normalized spacial score (nSPS) is 10.9. The molecule has 0 aliphatic rings. The highest BCUT2D eigenvalue weighted by Crippen LogP contribution is 2.28. The molecule has 5 heteroatoms. The van der Waals surface area contributed by atoms with Gasteiger partial charge in [0.15, 0.2) is 11.5 Å². The van der Waals surface area contributed by atoms with E-state index in [9.17, 15) is 0 Å². The fourth-order valence-corrected chi connectivity index (χ4v) is 1.86. The summed E-state index contributed by atoms with van der Waals surface area (Å²) in [5, 5.41) is 4.04. The van der Waals surface area contributed by atoms with Crippen LogP contribution in [0.15, 0.2) is 36.9 Å². The van der Waals surface area contributed by atoms with Crippen molar-refractivity contribution in [2.45, 2.75) is 19.9 Å². The summed E-state index contributed by atoms with van der Waals surface area (Å²) in [5.74, 6) is 1.51. The van der Waals surface area contributed by atoms with Gasteiger partial charge < -0.3 is 9.47 Å². The highest BCUT2D eigenvalue weighted by molar-refractivity contribution is 5.55. The number of ether oxygens (including phenoxy) is 2. The average Bonchev–Trinajstić information content (AvgIpc) is 2.98. The maximum absolute atomic E-state index is 5.75. The van der Waals surface area contributed by atoms with Crippen LogP contribution in [0.5, 0.6) is 11.5 Å². The molecule has 0 unspecified atom stereocenters. The summed E-state index contributed by atoms with van der Waals surface area (Å²) in [7, 11) is 1.65. The molecule has 0 amide bonds. The number of nitrogens with zero attached hydrogens (tertiary/aromatic N) is 3. The number of rotatable bonds is 7. The molecule has 0 atom stereocenters. The van der Waals surface area contributed by atoms with Crippen molar-refractivity contribution in [3.8, 4) is 11.5 Å². The molecule has 0 spiro atoms. The van der Waals surface area contributed by atoms with E-state index >= 15 is 0 Å². The van der Waals surface area contributed by atoms with Gasteiger partial charge in [-0.05, 0) is 24.6 Å². The standard InChI is InChI=1S/C15H19N3O2/c1-3-5-13-6-7-14(15(10-13)19-2)20-9-4-8-18-12-16-11-17-18/h3,5-7,10-12H,4,8-9H2,1-2H3/b5-3+. The third-order valence-electron chi connectivity index (χ3n) is 2.80. The van der Waals surface area contributed by atoms with Gasteiger partial charge in [0.25, 0.3) is 0 Å². The van der Waals surface area contributed by atoms with E-state index in [1.54, 1.807) is 18.1 Å². The first-order valence-electron chi connectivity index (χ1n) is 6.59. The molecule has 2 rings (SSSR count). The van der Waals surface area contributed by atoms with E-state index in [-0.39, 0.29) is 0 Å². The molecule has 2 aromatic rings. The molecule has 0 saturated carbocycles. The molecule has 1 aromatic heterocycles. The van der Waals surface area contributed by atoms with Crippen molar-refractivity contribution in [1.82, 2.24) is 14.8 Å². The Balaban J connectivity index is 1.88. The summed E-state index contributed by atoms with van der Waals surface area (Å²) in [6.07, 6.45) is 8.11. The number of benzene rings is 1. The van der Waals surface area contributed by atoms with Crippen molar-refractivity contribution in [2.24, 2.45) is 0 Å². The van der Waals surface area contributed by atoms with E-state index in [0.29, 0.717) is 6.61 Å². The van der Waals surface area contributed by atoms with Crippen molar-refractivity contribution in [3.63, 3.8) is 0 Å². The Bertz CT molecular complexity index is 550. The lowest BCUT2D eigenvalue weighted by atomic mass is 10.2. The highest BCUT2D eigenvalue weighted by Gasteiger charge is 2.04. The smallest absolute Gasteiger partial charge is 0.161 e. The second-order valence-electron chi connectivity index (χ2n) is 4.27. The van der Waals surface area contributed by atoms with Gasteiger partial charge in [-0.2, -0.15) is 5.10 Å². The Morgan fingerprint density at radius 1 is 1.30 bits per heavy atom. The van der Waals surface area contributed by atoms with Crippen LogP contribution < -0.4 is 9.47 Å². The van der Waals surface area contributed by atoms with Crippen molar-refractivity contribution in [3.05, 3.63) is 42.5 Å². The fourth-order valence-electron chi connectivity index (χ4n) is 1.86. The monoisotopic (exact) mass is 273 g/mol. The van der Waals surface area contributed by atoms with E-state index in [0.717, 1.165) is 30.0 Å². The van der Waals surface area contributed by atoms with Crippen LogP contribution in [0.25, 0.3) is 6.08 Å². The number of aryl methyl sites for hydroxylation is 1. The molecule has 0 aliphatic carbocycles. The van der Waals surface area contributed by atoms with Gasteiger partial charge in [-0.15, -0.1) is 0 Å². The number of hydrogen-bond donors (Lipinski definition) is 0. The third kappa shape index (κ3) is 3.85. The Kier molecular flexibility index (Phi) is 5.17. The van der Waals surface area contributed by atoms with Crippen molar-refractivity contribution >= 4 is 6.08 Å². The molecule has 5 nitrogen and oxygen atoms in total. The molecule has 0 N–H and O–H groups in total. The molecular weight excluding hydrogens is 254 g/mol. The minimum absolute atomic E-state index is 0.610. The van der Waals surface area contributed by atoms with Crippen LogP contribution >= 0.6 is 0 Å². The van der Waals surface area contributed by atoms with Crippen LogP contribution in [-0.2, 0) is 6.54 Å². The Morgan fingerprint density at radius 2 is 2.20 bits per heavy atom. The van der Waals surface area contributed by atoms with Gasteiger partial charge in [0, 0.05) is 13.0 Å². The first-order valence-corrected chi connectivity index (χ1v) is 6.59. The summed E-state index contributed by atoms with van der Waals surface area (Å²) in [4.78, 5) is 3.90. The summed E-state index contributed by atoms with van der Waals surface area (Å²) in [5.41, 5.74) is 1.10. The van der Waals surface area contributed by atoms with Gasteiger partial charge in [0.1, 0.15) is 12.7 Å².